The van der Waals surface area contributed by atoms with E-state index in [1.165, 1.54) is 4.57 Å². The summed E-state index contributed by atoms with van der Waals surface area (Å²) < 4.78 is 3.19. The average Bonchev–Trinajstić information content (AvgIpc) is 3.33. The molecule has 5 rings (SSSR count). The standard InChI is InChI=1S/C27H24ClN7O/c1-2-22-14-23(32-26(31-22)20-4-3-5-21(28)13-20)12-18-6-8-19(9-7-18)16-34-17-24(15-30-34)35-11-10-25(29)33-27(35)36/h3-11,13-15,17H,2,12,16H2,1H3,(H2,29,33,36). The molecule has 0 amide bonds. The minimum Gasteiger partial charge on any atom is -0.383 e. The Morgan fingerprint density at radius 1 is 0.944 bits per heavy atom. The molecule has 0 spiro atoms. The Labute approximate surface area is 213 Å². The van der Waals surface area contributed by atoms with E-state index in [0.717, 1.165) is 34.5 Å². The van der Waals surface area contributed by atoms with Crippen molar-refractivity contribution in [2.75, 3.05) is 5.73 Å². The second-order valence-electron chi connectivity index (χ2n) is 8.43. The molecule has 9 heteroatoms. The van der Waals surface area contributed by atoms with Gasteiger partial charge < -0.3 is 5.73 Å². The van der Waals surface area contributed by atoms with Crippen molar-refractivity contribution in [3.63, 3.8) is 0 Å². The van der Waals surface area contributed by atoms with E-state index >= 15 is 0 Å². The lowest BCUT2D eigenvalue weighted by atomic mass is 10.1. The van der Waals surface area contributed by atoms with Gasteiger partial charge in [0.15, 0.2) is 5.82 Å². The summed E-state index contributed by atoms with van der Waals surface area (Å²) in [5, 5.41) is 5.04. The predicted molar refractivity (Wildman–Crippen MR) is 140 cm³/mol. The molecule has 180 valence electrons. The van der Waals surface area contributed by atoms with E-state index in [0.29, 0.717) is 29.5 Å². The summed E-state index contributed by atoms with van der Waals surface area (Å²) in [4.78, 5) is 25.3. The lowest BCUT2D eigenvalue weighted by Crippen LogP contribution is -2.21. The largest absolute Gasteiger partial charge is 0.383 e. The van der Waals surface area contributed by atoms with Gasteiger partial charge in [0.2, 0.25) is 0 Å². The van der Waals surface area contributed by atoms with E-state index in [1.54, 1.807) is 29.3 Å². The SMILES string of the molecule is CCc1cc(Cc2ccc(Cn3cc(-n4ccc(N)nc4=O)cn3)cc2)nc(-c2cccc(Cl)c2)n1. The molecule has 0 bridgehead atoms. The number of benzene rings is 2. The molecule has 0 radical (unpaired) electrons. The van der Waals surface area contributed by atoms with Crippen LogP contribution in [0.4, 0.5) is 5.82 Å². The molecule has 0 fully saturated rings. The molecule has 3 heterocycles. The van der Waals surface area contributed by atoms with Crippen molar-refractivity contribution in [3.05, 3.63) is 117 Å². The number of halogens is 1. The lowest BCUT2D eigenvalue weighted by molar-refractivity contribution is 0.686. The summed E-state index contributed by atoms with van der Waals surface area (Å²) in [5.74, 6) is 0.880. The molecule has 0 atom stereocenters. The monoisotopic (exact) mass is 497 g/mol. The third-order valence-electron chi connectivity index (χ3n) is 5.75. The van der Waals surface area contributed by atoms with E-state index in [2.05, 4.69) is 52.3 Å². The molecule has 5 aromatic rings. The summed E-state index contributed by atoms with van der Waals surface area (Å²) in [7, 11) is 0. The normalized spacial score (nSPS) is 11.1. The number of rotatable bonds is 7. The first-order valence-electron chi connectivity index (χ1n) is 11.6. The third-order valence-corrected chi connectivity index (χ3v) is 5.99. The molecule has 0 unspecified atom stereocenters. The maximum atomic E-state index is 12.1. The van der Waals surface area contributed by atoms with Crippen LogP contribution in [0.25, 0.3) is 17.1 Å². The summed E-state index contributed by atoms with van der Waals surface area (Å²) >= 11 is 6.17. The Balaban J connectivity index is 1.31. The van der Waals surface area contributed by atoms with Gasteiger partial charge >= 0.3 is 5.69 Å². The molecule has 0 aliphatic rings. The fourth-order valence-electron chi connectivity index (χ4n) is 3.92. The molecular weight excluding hydrogens is 474 g/mol. The van der Waals surface area contributed by atoms with Crippen LogP contribution in [-0.4, -0.2) is 29.3 Å². The van der Waals surface area contributed by atoms with Crippen LogP contribution in [0.2, 0.25) is 5.02 Å². The van der Waals surface area contributed by atoms with Crippen LogP contribution in [0, 0.1) is 0 Å². The van der Waals surface area contributed by atoms with Gasteiger partial charge in [0.25, 0.3) is 0 Å². The molecule has 0 saturated heterocycles. The Hall–Kier alpha value is -4.30. The number of hydrogen-bond donors (Lipinski definition) is 1. The van der Waals surface area contributed by atoms with Crippen molar-refractivity contribution in [2.24, 2.45) is 0 Å². The van der Waals surface area contributed by atoms with Crippen LogP contribution in [0.5, 0.6) is 0 Å². The van der Waals surface area contributed by atoms with Gasteiger partial charge in [-0.1, -0.05) is 54.9 Å². The molecule has 8 nitrogen and oxygen atoms in total. The van der Waals surface area contributed by atoms with Crippen LogP contribution in [0.1, 0.15) is 29.4 Å². The second-order valence-corrected chi connectivity index (χ2v) is 8.87. The predicted octanol–water partition coefficient (Wildman–Crippen LogP) is 4.32. The Morgan fingerprint density at radius 2 is 1.72 bits per heavy atom. The van der Waals surface area contributed by atoms with Gasteiger partial charge in [-0.05, 0) is 41.8 Å². The highest BCUT2D eigenvalue weighted by molar-refractivity contribution is 6.30. The molecule has 0 aliphatic heterocycles. The molecule has 2 N–H and O–H groups in total. The third kappa shape index (κ3) is 5.34. The smallest absolute Gasteiger partial charge is 0.354 e. The maximum Gasteiger partial charge on any atom is 0.354 e. The van der Waals surface area contributed by atoms with Crippen LogP contribution in [0.3, 0.4) is 0 Å². The van der Waals surface area contributed by atoms with Gasteiger partial charge in [-0.25, -0.2) is 14.8 Å². The Bertz CT molecular complexity index is 1570. The summed E-state index contributed by atoms with van der Waals surface area (Å²) in [6, 6.07) is 19.6. The minimum atomic E-state index is -0.437. The first kappa shape index (κ1) is 23.4. The quantitative estimate of drug-likeness (QED) is 0.359. The van der Waals surface area contributed by atoms with Gasteiger partial charge in [0, 0.05) is 40.8 Å². The van der Waals surface area contributed by atoms with E-state index in [9.17, 15) is 4.79 Å². The number of nitrogens with two attached hydrogens (primary N) is 1. The summed E-state index contributed by atoms with van der Waals surface area (Å²) in [6.45, 7) is 2.66. The number of anilines is 1. The molecular formula is C27H24ClN7O. The van der Waals surface area contributed by atoms with Gasteiger partial charge in [-0.3, -0.25) is 9.25 Å². The number of nitrogens with zero attached hydrogens (tertiary/aromatic N) is 6. The number of aromatic nitrogens is 6. The van der Waals surface area contributed by atoms with Crippen LogP contribution in [-0.2, 0) is 19.4 Å². The van der Waals surface area contributed by atoms with Crippen molar-refractivity contribution < 1.29 is 0 Å². The van der Waals surface area contributed by atoms with Gasteiger partial charge in [-0.2, -0.15) is 10.1 Å². The van der Waals surface area contributed by atoms with Gasteiger partial charge in [0.1, 0.15) is 5.82 Å². The van der Waals surface area contributed by atoms with Crippen molar-refractivity contribution in [2.45, 2.75) is 26.3 Å². The minimum absolute atomic E-state index is 0.192. The van der Waals surface area contributed by atoms with Crippen LogP contribution in [0.15, 0.2) is 84.0 Å². The zero-order chi connectivity index (χ0) is 25.1. The lowest BCUT2D eigenvalue weighted by Gasteiger charge is -2.09. The zero-order valence-corrected chi connectivity index (χ0v) is 20.4. The Kier molecular flexibility index (Phi) is 6.60. The number of aryl methyl sites for hydroxylation is 1. The van der Waals surface area contributed by atoms with E-state index < -0.39 is 5.69 Å². The van der Waals surface area contributed by atoms with Crippen molar-refractivity contribution >= 4 is 17.4 Å². The van der Waals surface area contributed by atoms with Gasteiger partial charge in [0.05, 0.1) is 18.4 Å². The average molecular weight is 498 g/mol. The highest BCUT2D eigenvalue weighted by atomic mass is 35.5. The van der Waals surface area contributed by atoms with Gasteiger partial charge in [-0.15, -0.1) is 0 Å². The second kappa shape index (κ2) is 10.1. The molecule has 0 aliphatic carbocycles. The summed E-state index contributed by atoms with van der Waals surface area (Å²) in [6.07, 6.45) is 6.55. The van der Waals surface area contributed by atoms with E-state index in [1.807, 2.05) is 24.3 Å². The topological polar surface area (TPSA) is 105 Å². The number of nitrogen functional groups attached to an aromatic ring is 1. The Morgan fingerprint density at radius 3 is 2.47 bits per heavy atom. The van der Waals surface area contributed by atoms with E-state index in [-0.39, 0.29) is 5.82 Å². The fourth-order valence-corrected chi connectivity index (χ4v) is 4.11. The van der Waals surface area contributed by atoms with Crippen LogP contribution < -0.4 is 11.4 Å². The van der Waals surface area contributed by atoms with Crippen LogP contribution >= 0.6 is 11.6 Å². The van der Waals surface area contributed by atoms with Crippen molar-refractivity contribution in [1.29, 1.82) is 0 Å². The molecule has 36 heavy (non-hydrogen) atoms. The highest BCUT2D eigenvalue weighted by Gasteiger charge is 2.09. The molecule has 0 saturated carbocycles. The molecule has 2 aromatic carbocycles. The maximum absolute atomic E-state index is 12.1. The zero-order valence-electron chi connectivity index (χ0n) is 19.7. The van der Waals surface area contributed by atoms with Crippen molar-refractivity contribution in [3.8, 4) is 17.1 Å². The first-order chi connectivity index (χ1) is 17.5. The highest BCUT2D eigenvalue weighted by Crippen LogP contribution is 2.21. The number of hydrogen-bond acceptors (Lipinski definition) is 6. The fraction of sp³-hybridized carbons (Fsp3) is 0.148. The summed E-state index contributed by atoms with van der Waals surface area (Å²) in [5.41, 5.74) is 10.9. The van der Waals surface area contributed by atoms with E-state index in [4.69, 9.17) is 22.3 Å². The molecule has 3 aromatic heterocycles. The first-order valence-corrected chi connectivity index (χ1v) is 11.9. The van der Waals surface area contributed by atoms with Crippen molar-refractivity contribution in [1.82, 2.24) is 29.3 Å².